The zero-order valence-corrected chi connectivity index (χ0v) is 15.0. The summed E-state index contributed by atoms with van der Waals surface area (Å²) in [6.45, 7) is 8.92. The van der Waals surface area contributed by atoms with Gasteiger partial charge in [0.05, 0.1) is 18.8 Å². The lowest BCUT2D eigenvalue weighted by Crippen LogP contribution is -2.15. The summed E-state index contributed by atoms with van der Waals surface area (Å²) in [6, 6.07) is 9.80. The second kappa shape index (κ2) is 6.65. The van der Waals surface area contributed by atoms with Crippen LogP contribution in [0.3, 0.4) is 0 Å². The molecule has 0 aliphatic rings. The Labute approximate surface area is 139 Å². The molecule has 0 amide bonds. The third kappa shape index (κ3) is 3.97. The van der Waals surface area contributed by atoms with Gasteiger partial charge in [-0.3, -0.25) is 4.68 Å². The number of esters is 1. The van der Waals surface area contributed by atoms with Gasteiger partial charge in [0.2, 0.25) is 0 Å². The molecule has 22 heavy (non-hydrogen) atoms. The second-order valence-electron chi connectivity index (χ2n) is 6.17. The molecule has 2 aromatic rings. The summed E-state index contributed by atoms with van der Waals surface area (Å²) in [5, 5.41) is 4.61. The van der Waals surface area contributed by atoms with Crippen molar-refractivity contribution in [1.29, 1.82) is 0 Å². The highest BCUT2D eigenvalue weighted by Gasteiger charge is 2.23. The van der Waals surface area contributed by atoms with Crippen LogP contribution in [0.4, 0.5) is 0 Å². The molecule has 0 aliphatic heterocycles. The van der Waals surface area contributed by atoms with Crippen LogP contribution >= 0.6 is 15.9 Å². The average Bonchev–Trinajstić information content (AvgIpc) is 2.83. The Morgan fingerprint density at radius 2 is 2.05 bits per heavy atom. The van der Waals surface area contributed by atoms with Gasteiger partial charge >= 0.3 is 5.97 Å². The summed E-state index contributed by atoms with van der Waals surface area (Å²) in [5.41, 5.74) is 2.32. The summed E-state index contributed by atoms with van der Waals surface area (Å²) in [7, 11) is 0. The van der Waals surface area contributed by atoms with Gasteiger partial charge in [-0.2, -0.15) is 5.10 Å². The lowest BCUT2D eigenvalue weighted by atomic mass is 9.92. The van der Waals surface area contributed by atoms with Crippen LogP contribution in [0.1, 0.15) is 49.4 Å². The molecule has 0 fully saturated rings. The number of carbonyl (C=O) groups is 1. The van der Waals surface area contributed by atoms with E-state index in [9.17, 15) is 4.79 Å². The van der Waals surface area contributed by atoms with Crippen molar-refractivity contribution in [3.05, 3.63) is 51.8 Å². The molecular formula is C17H21BrN2O2. The van der Waals surface area contributed by atoms with Crippen molar-refractivity contribution in [3.63, 3.8) is 0 Å². The number of aromatic nitrogens is 2. The van der Waals surface area contributed by atoms with E-state index in [0.29, 0.717) is 18.8 Å². The highest BCUT2D eigenvalue weighted by Crippen LogP contribution is 2.23. The van der Waals surface area contributed by atoms with E-state index in [4.69, 9.17) is 4.74 Å². The van der Waals surface area contributed by atoms with Crippen molar-refractivity contribution in [2.45, 2.75) is 39.7 Å². The van der Waals surface area contributed by atoms with Gasteiger partial charge in [-0.15, -0.1) is 0 Å². The van der Waals surface area contributed by atoms with E-state index in [-0.39, 0.29) is 11.4 Å². The van der Waals surface area contributed by atoms with E-state index in [1.165, 1.54) is 0 Å². The summed E-state index contributed by atoms with van der Waals surface area (Å²) in [5.74, 6) is -0.333. The smallest absolute Gasteiger partial charge is 0.356 e. The van der Waals surface area contributed by atoms with Gasteiger partial charge in [-0.05, 0) is 30.7 Å². The van der Waals surface area contributed by atoms with Gasteiger partial charge in [-0.25, -0.2) is 4.79 Å². The van der Waals surface area contributed by atoms with Gasteiger partial charge < -0.3 is 4.74 Å². The van der Waals surface area contributed by atoms with E-state index in [2.05, 4.69) is 41.8 Å². The predicted molar refractivity (Wildman–Crippen MR) is 90.1 cm³/mol. The summed E-state index contributed by atoms with van der Waals surface area (Å²) < 4.78 is 7.88. The minimum absolute atomic E-state index is 0.121. The predicted octanol–water partition coefficient (Wildman–Crippen LogP) is 4.17. The molecule has 118 valence electrons. The Morgan fingerprint density at radius 1 is 1.32 bits per heavy atom. The molecule has 0 spiro atoms. The molecule has 0 N–H and O–H groups in total. The number of rotatable bonds is 4. The van der Waals surface area contributed by atoms with Crippen LogP contribution in [0.25, 0.3) is 0 Å². The number of halogens is 1. The van der Waals surface area contributed by atoms with Crippen LogP contribution in [0, 0.1) is 0 Å². The fraction of sp³-hybridized carbons (Fsp3) is 0.412. The minimum Gasteiger partial charge on any atom is -0.461 e. The van der Waals surface area contributed by atoms with Gasteiger partial charge in [-0.1, -0.05) is 48.8 Å². The molecule has 2 rings (SSSR count). The van der Waals surface area contributed by atoms with Gasteiger partial charge in [0.1, 0.15) is 5.69 Å². The summed E-state index contributed by atoms with van der Waals surface area (Å²) >= 11 is 3.46. The lowest BCUT2D eigenvalue weighted by Gasteiger charge is -2.14. The SMILES string of the molecule is CCOC(=O)c1cc(C(C)(C)C)nn1Cc1cccc(Br)c1. The maximum Gasteiger partial charge on any atom is 0.356 e. The fourth-order valence-electron chi connectivity index (χ4n) is 2.08. The number of ether oxygens (including phenoxy) is 1. The van der Waals surface area contributed by atoms with E-state index < -0.39 is 0 Å². The van der Waals surface area contributed by atoms with Crippen LogP contribution in [0.5, 0.6) is 0 Å². The standard InChI is InChI=1S/C17H21BrN2O2/c1-5-22-16(21)14-10-15(17(2,3)4)19-20(14)11-12-7-6-8-13(18)9-12/h6-10H,5,11H2,1-4H3. The molecule has 0 saturated heterocycles. The van der Waals surface area contributed by atoms with Crippen LogP contribution < -0.4 is 0 Å². The van der Waals surface area contributed by atoms with Crippen molar-refractivity contribution in [3.8, 4) is 0 Å². The van der Waals surface area contributed by atoms with Crippen molar-refractivity contribution in [2.24, 2.45) is 0 Å². The molecule has 0 bridgehead atoms. The lowest BCUT2D eigenvalue weighted by molar-refractivity contribution is 0.0512. The first-order chi connectivity index (χ1) is 10.3. The van der Waals surface area contributed by atoms with Crippen LogP contribution in [0.15, 0.2) is 34.8 Å². The number of nitrogens with zero attached hydrogens (tertiary/aromatic N) is 2. The molecule has 1 aromatic carbocycles. The van der Waals surface area contributed by atoms with E-state index in [1.54, 1.807) is 11.6 Å². The van der Waals surface area contributed by atoms with E-state index in [1.807, 2.05) is 30.3 Å². The number of benzene rings is 1. The Bertz CT molecular complexity index is 672. The highest BCUT2D eigenvalue weighted by atomic mass is 79.9. The maximum atomic E-state index is 12.2. The molecule has 0 aliphatic carbocycles. The normalized spacial score (nSPS) is 11.5. The molecule has 0 radical (unpaired) electrons. The largest absolute Gasteiger partial charge is 0.461 e. The Balaban J connectivity index is 2.39. The molecule has 1 aromatic heterocycles. The Morgan fingerprint density at radius 3 is 2.64 bits per heavy atom. The average molecular weight is 365 g/mol. The second-order valence-corrected chi connectivity index (χ2v) is 7.09. The van der Waals surface area contributed by atoms with Crippen molar-refractivity contribution >= 4 is 21.9 Å². The molecule has 0 saturated carbocycles. The Kier molecular flexibility index (Phi) is 5.06. The fourth-order valence-corrected chi connectivity index (χ4v) is 2.53. The van der Waals surface area contributed by atoms with E-state index in [0.717, 1.165) is 15.7 Å². The van der Waals surface area contributed by atoms with Gasteiger partial charge in [0.15, 0.2) is 0 Å². The van der Waals surface area contributed by atoms with Crippen LogP contribution in [-0.4, -0.2) is 22.4 Å². The third-order valence-electron chi connectivity index (χ3n) is 3.25. The number of hydrogen-bond acceptors (Lipinski definition) is 3. The molecule has 5 heteroatoms. The number of carbonyl (C=O) groups excluding carboxylic acids is 1. The molecule has 4 nitrogen and oxygen atoms in total. The van der Waals surface area contributed by atoms with Gasteiger partial charge in [0, 0.05) is 9.89 Å². The van der Waals surface area contributed by atoms with Crippen molar-refractivity contribution < 1.29 is 9.53 Å². The van der Waals surface area contributed by atoms with Gasteiger partial charge in [0.25, 0.3) is 0 Å². The first-order valence-electron chi connectivity index (χ1n) is 7.31. The summed E-state index contributed by atoms with van der Waals surface area (Å²) in [6.07, 6.45) is 0. The maximum absolute atomic E-state index is 12.2. The first kappa shape index (κ1) is 16.7. The quantitative estimate of drug-likeness (QED) is 0.764. The molecule has 0 atom stereocenters. The topological polar surface area (TPSA) is 44.1 Å². The van der Waals surface area contributed by atoms with E-state index >= 15 is 0 Å². The van der Waals surface area contributed by atoms with Crippen LogP contribution in [-0.2, 0) is 16.7 Å². The van der Waals surface area contributed by atoms with Crippen LogP contribution in [0.2, 0.25) is 0 Å². The van der Waals surface area contributed by atoms with Crippen molar-refractivity contribution in [1.82, 2.24) is 9.78 Å². The zero-order chi connectivity index (χ0) is 16.3. The minimum atomic E-state index is -0.333. The third-order valence-corrected chi connectivity index (χ3v) is 3.75. The monoisotopic (exact) mass is 364 g/mol. The zero-order valence-electron chi connectivity index (χ0n) is 13.4. The number of hydrogen-bond donors (Lipinski definition) is 0. The highest BCUT2D eigenvalue weighted by molar-refractivity contribution is 9.10. The van der Waals surface area contributed by atoms with Crippen molar-refractivity contribution in [2.75, 3.05) is 6.61 Å². The first-order valence-corrected chi connectivity index (χ1v) is 8.10. The summed E-state index contributed by atoms with van der Waals surface area (Å²) in [4.78, 5) is 12.2. The Hall–Kier alpha value is -1.62. The molecular weight excluding hydrogens is 344 g/mol. The molecule has 0 unspecified atom stereocenters. The molecule has 1 heterocycles.